The number of nitrogens with zero attached hydrogens (tertiary/aromatic N) is 1. The topological polar surface area (TPSA) is 60.5 Å². The van der Waals surface area contributed by atoms with Crippen LogP contribution in [-0.2, 0) is 17.0 Å². The summed E-state index contributed by atoms with van der Waals surface area (Å²) in [6, 6.07) is 11.9. The van der Waals surface area contributed by atoms with Gasteiger partial charge < -0.3 is 14.8 Å². The molecule has 0 unspecified atom stereocenters. The van der Waals surface area contributed by atoms with E-state index in [9.17, 15) is 9.18 Å². The zero-order chi connectivity index (χ0) is 19.9. The number of anilines is 1. The first-order valence-electron chi connectivity index (χ1n) is 8.41. The minimum Gasteiger partial charge on any atom is -0.493 e. The van der Waals surface area contributed by atoms with Gasteiger partial charge in [-0.3, -0.25) is 4.79 Å². The average Bonchev–Trinajstić information content (AvgIpc) is 3.14. The van der Waals surface area contributed by atoms with Crippen molar-refractivity contribution in [2.24, 2.45) is 0 Å². The number of halogens is 1. The number of rotatable bonds is 8. The number of nitrogens with one attached hydrogen (secondary N) is 1. The molecular weight excluding hydrogens is 399 g/mol. The Morgan fingerprint density at radius 1 is 1.18 bits per heavy atom. The van der Waals surface area contributed by atoms with Crippen LogP contribution in [0, 0.1) is 5.82 Å². The molecule has 0 saturated carbocycles. The molecule has 0 aliphatic carbocycles. The maximum atomic E-state index is 13.7. The molecule has 5 nitrogen and oxygen atoms in total. The lowest BCUT2D eigenvalue weighted by molar-refractivity contribution is -0.115. The molecule has 2 aromatic carbocycles. The quantitative estimate of drug-likeness (QED) is 0.534. The van der Waals surface area contributed by atoms with E-state index in [0.717, 1.165) is 4.34 Å². The summed E-state index contributed by atoms with van der Waals surface area (Å²) in [5.41, 5.74) is 1.93. The number of methoxy groups -OCH3 is 2. The molecule has 1 aromatic heterocycles. The SMILES string of the molecule is COc1ccc(NC(=O)Cc2csc(SCc3ccccc3F)n2)cc1OC. The molecule has 1 heterocycles. The lowest BCUT2D eigenvalue weighted by atomic mass is 10.2. The van der Waals surface area contributed by atoms with Crippen molar-refractivity contribution < 1.29 is 18.7 Å². The smallest absolute Gasteiger partial charge is 0.230 e. The number of ether oxygens (including phenoxy) is 2. The molecule has 28 heavy (non-hydrogen) atoms. The highest BCUT2D eigenvalue weighted by atomic mass is 32.2. The lowest BCUT2D eigenvalue weighted by Crippen LogP contribution is -2.14. The van der Waals surface area contributed by atoms with Crippen LogP contribution in [0.1, 0.15) is 11.3 Å². The van der Waals surface area contributed by atoms with Crippen molar-refractivity contribution in [1.29, 1.82) is 0 Å². The van der Waals surface area contributed by atoms with Gasteiger partial charge in [-0.2, -0.15) is 0 Å². The molecule has 0 aliphatic rings. The Hall–Kier alpha value is -2.58. The molecule has 0 aliphatic heterocycles. The van der Waals surface area contributed by atoms with Crippen molar-refractivity contribution >= 4 is 34.7 Å². The molecular formula is C20H19FN2O3S2. The van der Waals surface area contributed by atoms with Crippen molar-refractivity contribution in [3.8, 4) is 11.5 Å². The van der Waals surface area contributed by atoms with Crippen molar-refractivity contribution in [1.82, 2.24) is 4.98 Å². The molecule has 0 bridgehead atoms. The molecule has 0 saturated heterocycles. The minimum atomic E-state index is -0.221. The number of aromatic nitrogens is 1. The highest BCUT2D eigenvalue weighted by Gasteiger charge is 2.11. The van der Waals surface area contributed by atoms with E-state index >= 15 is 0 Å². The Labute approximate surface area is 170 Å². The number of hydrogen-bond donors (Lipinski definition) is 1. The van der Waals surface area contributed by atoms with Gasteiger partial charge in [0.25, 0.3) is 0 Å². The van der Waals surface area contributed by atoms with Gasteiger partial charge in [-0.1, -0.05) is 30.0 Å². The Balaban J connectivity index is 1.56. The molecule has 0 spiro atoms. The van der Waals surface area contributed by atoms with Crippen LogP contribution < -0.4 is 14.8 Å². The van der Waals surface area contributed by atoms with Crippen LogP contribution >= 0.6 is 23.1 Å². The molecule has 0 atom stereocenters. The van der Waals surface area contributed by atoms with E-state index in [1.54, 1.807) is 44.6 Å². The molecule has 146 valence electrons. The van der Waals surface area contributed by atoms with Crippen LogP contribution in [0.5, 0.6) is 11.5 Å². The highest BCUT2D eigenvalue weighted by Crippen LogP contribution is 2.30. The Kier molecular flexibility index (Phi) is 6.89. The summed E-state index contributed by atoms with van der Waals surface area (Å²) < 4.78 is 24.9. The van der Waals surface area contributed by atoms with Gasteiger partial charge in [-0.25, -0.2) is 9.37 Å². The summed E-state index contributed by atoms with van der Waals surface area (Å²) in [4.78, 5) is 16.7. The number of benzene rings is 2. The third kappa shape index (κ3) is 5.24. The molecule has 1 N–H and O–H groups in total. The van der Waals surface area contributed by atoms with Gasteiger partial charge in [-0.15, -0.1) is 11.3 Å². The van der Waals surface area contributed by atoms with Gasteiger partial charge in [0, 0.05) is 22.9 Å². The van der Waals surface area contributed by atoms with Gasteiger partial charge in [0.05, 0.1) is 26.3 Å². The van der Waals surface area contributed by atoms with Crippen LogP contribution in [0.15, 0.2) is 52.2 Å². The van der Waals surface area contributed by atoms with Crippen molar-refractivity contribution in [3.63, 3.8) is 0 Å². The second-order valence-corrected chi connectivity index (χ2v) is 7.86. The van der Waals surface area contributed by atoms with Crippen LogP contribution in [0.4, 0.5) is 10.1 Å². The molecule has 1 amide bonds. The fraction of sp³-hybridized carbons (Fsp3) is 0.200. The zero-order valence-electron chi connectivity index (χ0n) is 15.4. The molecule has 8 heteroatoms. The number of carbonyl (C=O) groups excluding carboxylic acids is 1. The third-order valence-electron chi connectivity index (χ3n) is 3.85. The van der Waals surface area contributed by atoms with E-state index < -0.39 is 0 Å². The molecule has 0 fully saturated rings. The maximum absolute atomic E-state index is 13.7. The van der Waals surface area contributed by atoms with Gasteiger partial charge in [0.2, 0.25) is 5.91 Å². The van der Waals surface area contributed by atoms with Crippen LogP contribution in [0.25, 0.3) is 0 Å². The predicted octanol–water partition coefficient (Wildman–Crippen LogP) is 4.77. The predicted molar refractivity (Wildman–Crippen MR) is 110 cm³/mol. The van der Waals surface area contributed by atoms with Gasteiger partial charge in [0.15, 0.2) is 11.5 Å². The Morgan fingerprint density at radius 2 is 1.96 bits per heavy atom. The molecule has 3 rings (SSSR count). The van der Waals surface area contributed by atoms with Gasteiger partial charge in [-0.05, 0) is 23.8 Å². The van der Waals surface area contributed by atoms with Gasteiger partial charge in [0.1, 0.15) is 10.2 Å². The van der Waals surface area contributed by atoms with Crippen molar-refractivity contribution in [3.05, 3.63) is 64.9 Å². The van der Waals surface area contributed by atoms with Crippen molar-refractivity contribution in [2.45, 2.75) is 16.5 Å². The largest absolute Gasteiger partial charge is 0.493 e. The monoisotopic (exact) mass is 418 g/mol. The zero-order valence-corrected chi connectivity index (χ0v) is 17.0. The van der Waals surface area contributed by atoms with Gasteiger partial charge >= 0.3 is 0 Å². The molecule has 3 aromatic rings. The first-order valence-corrected chi connectivity index (χ1v) is 10.3. The number of amides is 1. The second kappa shape index (κ2) is 9.57. The summed E-state index contributed by atoms with van der Waals surface area (Å²) in [5.74, 6) is 1.24. The average molecular weight is 419 g/mol. The lowest BCUT2D eigenvalue weighted by Gasteiger charge is -2.10. The number of carbonyl (C=O) groups is 1. The fourth-order valence-corrected chi connectivity index (χ4v) is 4.31. The summed E-state index contributed by atoms with van der Waals surface area (Å²) >= 11 is 2.90. The first-order chi connectivity index (χ1) is 13.6. The second-order valence-electron chi connectivity index (χ2n) is 5.78. The number of hydrogen-bond acceptors (Lipinski definition) is 6. The van der Waals surface area contributed by atoms with Crippen molar-refractivity contribution in [2.75, 3.05) is 19.5 Å². The highest BCUT2D eigenvalue weighted by molar-refractivity contribution is 8.00. The van der Waals surface area contributed by atoms with Crippen LogP contribution in [-0.4, -0.2) is 25.1 Å². The summed E-state index contributed by atoms with van der Waals surface area (Å²) in [7, 11) is 3.10. The standard InChI is InChI=1S/C20H19FN2O3S2/c1-25-17-8-7-14(9-18(17)26-2)22-19(24)10-15-12-28-20(23-15)27-11-13-5-3-4-6-16(13)21/h3-9,12H,10-11H2,1-2H3,(H,22,24). The van der Waals surface area contributed by atoms with Crippen LogP contribution in [0.2, 0.25) is 0 Å². The van der Waals surface area contributed by atoms with Crippen LogP contribution in [0.3, 0.4) is 0 Å². The molecule has 0 radical (unpaired) electrons. The summed E-state index contributed by atoms with van der Waals surface area (Å²) in [6.45, 7) is 0. The third-order valence-corrected chi connectivity index (χ3v) is 5.97. The normalized spacial score (nSPS) is 10.5. The number of thioether (sulfide) groups is 1. The maximum Gasteiger partial charge on any atom is 0.230 e. The summed E-state index contributed by atoms with van der Waals surface area (Å²) in [5, 5.41) is 4.67. The fourth-order valence-electron chi connectivity index (χ4n) is 2.47. The van der Waals surface area contributed by atoms with E-state index in [-0.39, 0.29) is 18.1 Å². The van der Waals surface area contributed by atoms with E-state index in [2.05, 4.69) is 10.3 Å². The Bertz CT molecular complexity index is 962. The van der Waals surface area contributed by atoms with E-state index in [1.165, 1.54) is 29.2 Å². The van der Waals surface area contributed by atoms with E-state index in [0.29, 0.717) is 34.2 Å². The first kappa shape index (κ1) is 20.2. The summed E-state index contributed by atoms with van der Waals surface area (Å²) in [6.07, 6.45) is 0.158. The van der Waals surface area contributed by atoms with E-state index in [1.807, 2.05) is 11.4 Å². The Morgan fingerprint density at radius 3 is 2.71 bits per heavy atom. The van der Waals surface area contributed by atoms with E-state index in [4.69, 9.17) is 9.47 Å². The number of thiazole rings is 1. The minimum absolute atomic E-state index is 0.158.